The fourth-order valence-corrected chi connectivity index (χ4v) is 5.44. The molecule has 0 aliphatic carbocycles. The number of hydrogen-bond donors (Lipinski definition) is 2. The minimum atomic E-state index is -1.18. The van der Waals surface area contributed by atoms with Crippen molar-refractivity contribution in [3.63, 3.8) is 0 Å². The number of likely N-dealkylation sites (tertiary alicyclic amines) is 1. The van der Waals surface area contributed by atoms with Crippen LogP contribution in [0, 0.1) is 12.3 Å². The quantitative estimate of drug-likeness (QED) is 0.506. The first-order valence-corrected chi connectivity index (χ1v) is 12.4. The van der Waals surface area contributed by atoms with Gasteiger partial charge in [-0.25, -0.2) is 9.97 Å². The molecule has 3 aromatic rings. The van der Waals surface area contributed by atoms with E-state index in [1.54, 1.807) is 25.4 Å². The highest BCUT2D eigenvalue weighted by molar-refractivity contribution is 5.42. The highest BCUT2D eigenvalue weighted by Crippen LogP contribution is 2.50. The van der Waals surface area contributed by atoms with Crippen LogP contribution in [-0.4, -0.2) is 50.2 Å². The van der Waals surface area contributed by atoms with E-state index in [4.69, 9.17) is 0 Å². The lowest BCUT2D eigenvalue weighted by atomic mass is 9.62. The van der Waals surface area contributed by atoms with Gasteiger partial charge in [0, 0.05) is 42.7 Å². The van der Waals surface area contributed by atoms with E-state index in [-0.39, 0.29) is 5.41 Å². The molecule has 4 rings (SSSR count). The van der Waals surface area contributed by atoms with E-state index >= 15 is 0 Å². The number of benzene rings is 1. The first-order chi connectivity index (χ1) is 16.4. The average molecular weight is 475 g/mol. The van der Waals surface area contributed by atoms with Crippen LogP contribution >= 0.6 is 0 Å². The van der Waals surface area contributed by atoms with Crippen molar-refractivity contribution in [1.82, 2.24) is 19.9 Å². The van der Waals surface area contributed by atoms with Crippen LogP contribution in [0.4, 0.5) is 0 Å². The largest absolute Gasteiger partial charge is 0.384 e. The number of hydrogen-bond acceptors (Lipinski definition) is 6. The highest BCUT2D eigenvalue weighted by Gasteiger charge is 2.55. The van der Waals surface area contributed by atoms with Gasteiger partial charge in [0.1, 0.15) is 17.0 Å². The minimum absolute atomic E-state index is 0.342. The number of aromatic nitrogens is 3. The highest BCUT2D eigenvalue weighted by atomic mass is 16.3. The molecule has 186 valence electrons. The Morgan fingerprint density at radius 1 is 1.06 bits per heavy atom. The fraction of sp³-hybridized carbons (Fsp3) is 0.483. The molecule has 1 aliphatic heterocycles. The Balaban J connectivity index is 1.65. The standard InChI is InChI=1S/C29H38N4O2/c1-20(2)23-7-9-24(10-8-23)29(35,27(4)18-33(6)19-27)25-15-22(16-30-17-25)11-13-28(5,34)26-12-14-31-21(3)32-26/h7-10,12,14-17,20,34-35H,11,13,18-19H2,1-6H3. The lowest BCUT2D eigenvalue weighted by Gasteiger charge is -2.56. The third-order valence-electron chi connectivity index (χ3n) is 7.55. The van der Waals surface area contributed by atoms with Crippen LogP contribution in [0.2, 0.25) is 0 Å². The molecule has 2 unspecified atom stereocenters. The Morgan fingerprint density at radius 2 is 1.74 bits per heavy atom. The predicted molar refractivity (Wildman–Crippen MR) is 138 cm³/mol. The van der Waals surface area contributed by atoms with E-state index in [9.17, 15) is 10.2 Å². The zero-order valence-electron chi connectivity index (χ0n) is 21.8. The molecule has 35 heavy (non-hydrogen) atoms. The van der Waals surface area contributed by atoms with E-state index in [0.717, 1.165) is 29.8 Å². The van der Waals surface area contributed by atoms with E-state index in [2.05, 4.69) is 71.9 Å². The van der Waals surface area contributed by atoms with Gasteiger partial charge in [-0.15, -0.1) is 0 Å². The molecular formula is C29H38N4O2. The first-order valence-electron chi connectivity index (χ1n) is 12.4. The molecule has 1 fully saturated rings. The third-order valence-corrected chi connectivity index (χ3v) is 7.55. The van der Waals surface area contributed by atoms with Crippen LogP contribution < -0.4 is 0 Å². The van der Waals surface area contributed by atoms with E-state index < -0.39 is 11.2 Å². The van der Waals surface area contributed by atoms with Crippen molar-refractivity contribution in [2.45, 2.75) is 64.6 Å². The molecule has 1 saturated heterocycles. The molecule has 1 aromatic carbocycles. The van der Waals surface area contributed by atoms with Crippen LogP contribution in [0.3, 0.4) is 0 Å². The molecular weight excluding hydrogens is 436 g/mol. The molecule has 0 spiro atoms. The molecule has 2 atom stereocenters. The molecule has 0 bridgehead atoms. The molecule has 3 heterocycles. The Bertz CT molecular complexity index is 1170. The smallest absolute Gasteiger partial charge is 0.125 e. The first kappa shape index (κ1) is 25.4. The molecule has 0 amide bonds. The molecule has 6 heteroatoms. The van der Waals surface area contributed by atoms with Crippen LogP contribution in [0.1, 0.15) is 73.8 Å². The second-order valence-electron chi connectivity index (χ2n) is 11.1. The second-order valence-corrected chi connectivity index (χ2v) is 11.1. The van der Waals surface area contributed by atoms with Gasteiger partial charge < -0.3 is 15.1 Å². The average Bonchev–Trinajstić information content (AvgIpc) is 2.81. The zero-order chi connectivity index (χ0) is 25.4. The van der Waals surface area contributed by atoms with Crippen molar-refractivity contribution in [2.24, 2.45) is 5.41 Å². The Hall–Kier alpha value is -2.67. The summed E-state index contributed by atoms with van der Waals surface area (Å²) >= 11 is 0. The second kappa shape index (κ2) is 9.41. The summed E-state index contributed by atoms with van der Waals surface area (Å²) in [4.78, 5) is 15.3. The van der Waals surface area contributed by atoms with Crippen molar-refractivity contribution in [3.05, 3.63) is 88.8 Å². The van der Waals surface area contributed by atoms with Crippen molar-refractivity contribution < 1.29 is 10.2 Å². The van der Waals surface area contributed by atoms with Crippen molar-refractivity contribution in [3.8, 4) is 0 Å². The van der Waals surface area contributed by atoms with Crippen LogP contribution in [0.25, 0.3) is 0 Å². The lowest BCUT2D eigenvalue weighted by molar-refractivity contribution is -0.127. The zero-order valence-corrected chi connectivity index (χ0v) is 21.8. The van der Waals surface area contributed by atoms with Gasteiger partial charge in [-0.3, -0.25) is 4.98 Å². The van der Waals surface area contributed by atoms with Gasteiger partial charge in [0.05, 0.1) is 5.69 Å². The fourth-order valence-electron chi connectivity index (χ4n) is 5.44. The maximum Gasteiger partial charge on any atom is 0.125 e. The van der Waals surface area contributed by atoms with Gasteiger partial charge >= 0.3 is 0 Å². The molecule has 0 saturated carbocycles. The summed E-state index contributed by atoms with van der Waals surface area (Å²) in [6, 6.07) is 12.2. The maximum atomic E-state index is 12.4. The SMILES string of the molecule is Cc1nccc(C(C)(O)CCc2cncc(C(O)(c3ccc(C(C)C)cc3)C3(C)CN(C)C3)c2)n1. The summed E-state index contributed by atoms with van der Waals surface area (Å²) in [6.07, 6.45) is 6.37. The van der Waals surface area contributed by atoms with Crippen LogP contribution in [0.5, 0.6) is 0 Å². The van der Waals surface area contributed by atoms with Gasteiger partial charge in [-0.05, 0) is 68.5 Å². The summed E-state index contributed by atoms with van der Waals surface area (Å²) in [6.45, 7) is 11.7. The summed E-state index contributed by atoms with van der Waals surface area (Å²) in [5, 5.41) is 23.5. The Labute approximate surface area is 209 Å². The normalized spacial score (nSPS) is 19.1. The lowest BCUT2D eigenvalue weighted by Crippen LogP contribution is -2.63. The van der Waals surface area contributed by atoms with Gasteiger partial charge in [-0.1, -0.05) is 45.0 Å². The molecule has 0 radical (unpaired) electrons. The number of nitrogens with zero attached hydrogens (tertiary/aromatic N) is 4. The Kier molecular flexibility index (Phi) is 6.84. The van der Waals surface area contributed by atoms with E-state index in [0.29, 0.717) is 30.3 Å². The topological polar surface area (TPSA) is 82.4 Å². The third kappa shape index (κ3) is 4.88. The van der Waals surface area contributed by atoms with Crippen molar-refractivity contribution >= 4 is 0 Å². The van der Waals surface area contributed by atoms with Crippen LogP contribution in [0.15, 0.2) is 55.0 Å². The molecule has 2 aromatic heterocycles. The van der Waals surface area contributed by atoms with Crippen LogP contribution in [-0.2, 0) is 17.6 Å². The number of pyridine rings is 1. The number of aryl methyl sites for hydroxylation is 2. The molecule has 6 nitrogen and oxygen atoms in total. The molecule has 2 N–H and O–H groups in total. The monoisotopic (exact) mass is 474 g/mol. The van der Waals surface area contributed by atoms with E-state index in [1.165, 1.54) is 5.56 Å². The van der Waals surface area contributed by atoms with Crippen molar-refractivity contribution in [1.29, 1.82) is 0 Å². The van der Waals surface area contributed by atoms with E-state index in [1.807, 2.05) is 19.2 Å². The summed E-state index contributed by atoms with van der Waals surface area (Å²) in [7, 11) is 2.08. The van der Waals surface area contributed by atoms with Gasteiger partial charge in [-0.2, -0.15) is 0 Å². The summed E-state index contributed by atoms with van der Waals surface area (Å²) < 4.78 is 0. The van der Waals surface area contributed by atoms with Gasteiger partial charge in [0.25, 0.3) is 0 Å². The summed E-state index contributed by atoms with van der Waals surface area (Å²) in [5.74, 6) is 1.07. The van der Waals surface area contributed by atoms with Gasteiger partial charge in [0.15, 0.2) is 0 Å². The maximum absolute atomic E-state index is 12.4. The minimum Gasteiger partial charge on any atom is -0.384 e. The van der Waals surface area contributed by atoms with Gasteiger partial charge in [0.2, 0.25) is 0 Å². The Morgan fingerprint density at radius 3 is 2.34 bits per heavy atom. The van der Waals surface area contributed by atoms with Crippen molar-refractivity contribution in [2.75, 3.05) is 20.1 Å². The molecule has 1 aliphatic rings. The number of aliphatic hydroxyl groups is 2. The predicted octanol–water partition coefficient (Wildman–Crippen LogP) is 4.33. The number of rotatable bonds is 8. The summed E-state index contributed by atoms with van der Waals surface area (Å²) in [5.41, 5.74) is 1.91.